The van der Waals surface area contributed by atoms with Gasteiger partial charge in [-0.1, -0.05) is 66.2 Å². The predicted octanol–water partition coefficient (Wildman–Crippen LogP) is 3.99. The minimum Gasteiger partial charge on any atom is -0.245 e. The standard InChI is InChI=1S/C10H16Cl3N3/c1-3-4-5-6-7-16-9(10(11,12)13)8(2)14-15-16/h3-7H2,1-2H3. The normalized spacial score (nSPS) is 12.1. The number of rotatable bonds is 5. The van der Waals surface area contributed by atoms with Gasteiger partial charge in [-0.25, -0.2) is 4.68 Å². The number of halogens is 3. The molecule has 0 aromatic carbocycles. The molecular formula is C10H16Cl3N3. The summed E-state index contributed by atoms with van der Waals surface area (Å²) in [4.78, 5) is 0. The van der Waals surface area contributed by atoms with Gasteiger partial charge in [0.1, 0.15) is 5.69 Å². The van der Waals surface area contributed by atoms with Gasteiger partial charge in [-0.3, -0.25) is 0 Å². The molecule has 6 heteroatoms. The Balaban J connectivity index is 2.66. The van der Waals surface area contributed by atoms with E-state index in [2.05, 4.69) is 17.2 Å². The van der Waals surface area contributed by atoms with E-state index in [0.29, 0.717) is 11.4 Å². The van der Waals surface area contributed by atoms with Crippen molar-refractivity contribution in [3.05, 3.63) is 11.4 Å². The smallest absolute Gasteiger partial charge is 0.234 e. The molecule has 3 nitrogen and oxygen atoms in total. The van der Waals surface area contributed by atoms with E-state index in [9.17, 15) is 0 Å². The monoisotopic (exact) mass is 283 g/mol. The molecule has 0 aliphatic carbocycles. The third kappa shape index (κ3) is 3.79. The Labute approximate surface area is 111 Å². The van der Waals surface area contributed by atoms with E-state index in [-0.39, 0.29) is 0 Å². The lowest BCUT2D eigenvalue weighted by Gasteiger charge is -2.13. The van der Waals surface area contributed by atoms with Gasteiger partial charge in [-0.2, -0.15) is 0 Å². The van der Waals surface area contributed by atoms with Gasteiger partial charge >= 0.3 is 0 Å². The van der Waals surface area contributed by atoms with Crippen LogP contribution in [-0.2, 0) is 10.3 Å². The molecular weight excluding hydrogens is 268 g/mol. The van der Waals surface area contributed by atoms with Crippen LogP contribution in [0.5, 0.6) is 0 Å². The van der Waals surface area contributed by atoms with Crippen molar-refractivity contribution < 1.29 is 0 Å². The molecule has 0 N–H and O–H groups in total. The second-order valence-corrected chi connectivity index (χ2v) is 6.09. The molecule has 0 fully saturated rings. The van der Waals surface area contributed by atoms with Crippen molar-refractivity contribution in [1.29, 1.82) is 0 Å². The second-order valence-electron chi connectivity index (χ2n) is 3.81. The molecule has 1 rings (SSSR count). The van der Waals surface area contributed by atoms with Crippen LogP contribution < -0.4 is 0 Å². The molecule has 0 bridgehead atoms. The van der Waals surface area contributed by atoms with Crippen LogP contribution in [0.25, 0.3) is 0 Å². The number of unbranched alkanes of at least 4 members (excludes halogenated alkanes) is 3. The molecule has 0 spiro atoms. The average molecular weight is 285 g/mol. The summed E-state index contributed by atoms with van der Waals surface area (Å²) in [5.74, 6) is 0. The fourth-order valence-corrected chi connectivity index (χ4v) is 2.30. The maximum Gasteiger partial charge on any atom is 0.234 e. The highest BCUT2D eigenvalue weighted by Crippen LogP contribution is 2.39. The summed E-state index contributed by atoms with van der Waals surface area (Å²) in [6.45, 7) is 4.73. The summed E-state index contributed by atoms with van der Waals surface area (Å²) < 4.78 is 0.246. The highest BCUT2D eigenvalue weighted by atomic mass is 35.6. The van der Waals surface area contributed by atoms with Crippen LogP contribution in [0.3, 0.4) is 0 Å². The zero-order chi connectivity index (χ0) is 12.2. The van der Waals surface area contributed by atoms with Crippen molar-refractivity contribution in [2.45, 2.75) is 49.9 Å². The Morgan fingerprint density at radius 3 is 2.44 bits per heavy atom. The van der Waals surface area contributed by atoms with Crippen molar-refractivity contribution in [3.8, 4) is 0 Å². The SMILES string of the molecule is CCCCCCn1nnc(C)c1C(Cl)(Cl)Cl. The summed E-state index contributed by atoms with van der Waals surface area (Å²) in [7, 11) is 0. The van der Waals surface area contributed by atoms with Crippen molar-refractivity contribution in [2.75, 3.05) is 0 Å². The molecule has 0 saturated carbocycles. The number of hydrogen-bond donors (Lipinski definition) is 0. The molecule has 0 atom stereocenters. The Morgan fingerprint density at radius 2 is 1.88 bits per heavy atom. The van der Waals surface area contributed by atoms with Gasteiger partial charge in [0, 0.05) is 6.54 Å². The molecule has 92 valence electrons. The zero-order valence-electron chi connectivity index (χ0n) is 9.51. The number of nitrogens with zero attached hydrogens (tertiary/aromatic N) is 3. The molecule has 0 saturated heterocycles. The van der Waals surface area contributed by atoms with Crippen LogP contribution in [0.4, 0.5) is 0 Å². The van der Waals surface area contributed by atoms with Crippen LogP contribution in [0.1, 0.15) is 44.0 Å². The molecule has 0 radical (unpaired) electrons. The summed E-state index contributed by atoms with van der Waals surface area (Å²) in [5.41, 5.74) is 1.25. The first-order valence-electron chi connectivity index (χ1n) is 5.44. The van der Waals surface area contributed by atoms with Crippen LogP contribution in [-0.4, -0.2) is 15.0 Å². The number of aryl methyl sites for hydroxylation is 2. The lowest BCUT2D eigenvalue weighted by atomic mass is 10.2. The van der Waals surface area contributed by atoms with E-state index >= 15 is 0 Å². The van der Waals surface area contributed by atoms with Gasteiger partial charge in [-0.15, -0.1) is 5.10 Å². The zero-order valence-corrected chi connectivity index (χ0v) is 11.8. The average Bonchev–Trinajstić information content (AvgIpc) is 2.54. The Bertz CT molecular complexity index is 331. The second kappa shape index (κ2) is 6.08. The third-order valence-electron chi connectivity index (χ3n) is 2.40. The van der Waals surface area contributed by atoms with Gasteiger partial charge in [0.05, 0.1) is 5.69 Å². The molecule has 0 amide bonds. The van der Waals surface area contributed by atoms with Gasteiger partial charge in [0.15, 0.2) is 0 Å². The lowest BCUT2D eigenvalue weighted by molar-refractivity contribution is 0.514. The van der Waals surface area contributed by atoms with E-state index in [1.54, 1.807) is 11.6 Å². The molecule has 0 aliphatic heterocycles. The van der Waals surface area contributed by atoms with Gasteiger partial charge < -0.3 is 0 Å². The number of alkyl halides is 3. The maximum atomic E-state index is 5.88. The van der Waals surface area contributed by atoms with E-state index in [1.807, 2.05) is 0 Å². The molecule has 0 unspecified atom stereocenters. The Morgan fingerprint density at radius 1 is 1.19 bits per heavy atom. The van der Waals surface area contributed by atoms with Crippen molar-refractivity contribution in [1.82, 2.24) is 15.0 Å². The summed E-state index contributed by atoms with van der Waals surface area (Å²) >= 11 is 17.6. The number of aromatic nitrogens is 3. The van der Waals surface area contributed by atoms with Crippen LogP contribution in [0, 0.1) is 6.92 Å². The largest absolute Gasteiger partial charge is 0.245 e. The third-order valence-corrected chi connectivity index (χ3v) is 2.93. The maximum absolute atomic E-state index is 5.88. The number of hydrogen-bond acceptors (Lipinski definition) is 2. The first-order chi connectivity index (χ1) is 7.46. The van der Waals surface area contributed by atoms with Crippen LogP contribution in [0.15, 0.2) is 0 Å². The van der Waals surface area contributed by atoms with E-state index in [4.69, 9.17) is 34.8 Å². The first-order valence-corrected chi connectivity index (χ1v) is 6.57. The summed E-state index contributed by atoms with van der Waals surface area (Å²) in [6, 6.07) is 0. The molecule has 1 aromatic rings. The lowest BCUT2D eigenvalue weighted by Crippen LogP contribution is -2.13. The minimum absolute atomic E-state index is 0.578. The fourth-order valence-electron chi connectivity index (χ4n) is 1.60. The highest BCUT2D eigenvalue weighted by molar-refractivity contribution is 6.66. The van der Waals surface area contributed by atoms with Crippen LogP contribution in [0.2, 0.25) is 0 Å². The van der Waals surface area contributed by atoms with Crippen molar-refractivity contribution in [3.63, 3.8) is 0 Å². The first kappa shape index (κ1) is 14.1. The van der Waals surface area contributed by atoms with Crippen molar-refractivity contribution in [2.24, 2.45) is 0 Å². The van der Waals surface area contributed by atoms with Gasteiger partial charge in [0.2, 0.25) is 3.79 Å². The quantitative estimate of drug-likeness (QED) is 0.604. The van der Waals surface area contributed by atoms with E-state index in [0.717, 1.165) is 19.4 Å². The van der Waals surface area contributed by atoms with Crippen LogP contribution >= 0.6 is 34.8 Å². The molecule has 1 aromatic heterocycles. The molecule has 0 aliphatic rings. The molecule has 1 heterocycles. The predicted molar refractivity (Wildman–Crippen MR) is 68.1 cm³/mol. The minimum atomic E-state index is -1.45. The summed E-state index contributed by atoms with van der Waals surface area (Å²) in [6.07, 6.45) is 4.61. The highest BCUT2D eigenvalue weighted by Gasteiger charge is 2.30. The van der Waals surface area contributed by atoms with Gasteiger partial charge in [0.25, 0.3) is 0 Å². The van der Waals surface area contributed by atoms with Gasteiger partial charge in [-0.05, 0) is 13.3 Å². The summed E-state index contributed by atoms with van der Waals surface area (Å²) in [5, 5.41) is 7.93. The molecule has 16 heavy (non-hydrogen) atoms. The van der Waals surface area contributed by atoms with Crippen molar-refractivity contribution >= 4 is 34.8 Å². The Hall–Kier alpha value is 0.01000. The van der Waals surface area contributed by atoms with E-state index in [1.165, 1.54) is 12.8 Å². The topological polar surface area (TPSA) is 30.7 Å². The van der Waals surface area contributed by atoms with E-state index < -0.39 is 3.79 Å². The Kier molecular flexibility index (Phi) is 5.35. The fraction of sp³-hybridized carbons (Fsp3) is 0.800.